The number of hydrogen-bond acceptors (Lipinski definition) is 5. The average Bonchev–Trinajstić information content (AvgIpc) is 2.85. The quantitative estimate of drug-likeness (QED) is 0.626. The van der Waals surface area contributed by atoms with Gasteiger partial charge < -0.3 is 19.9 Å². The van der Waals surface area contributed by atoms with Crippen LogP contribution in [0.1, 0.15) is 28.2 Å². The summed E-state index contributed by atoms with van der Waals surface area (Å²) in [4.78, 5) is 26.2. The van der Waals surface area contributed by atoms with E-state index in [1.807, 2.05) is 61.2 Å². The van der Waals surface area contributed by atoms with Gasteiger partial charge in [-0.05, 0) is 37.1 Å². The van der Waals surface area contributed by atoms with E-state index in [4.69, 9.17) is 9.72 Å². The third kappa shape index (κ3) is 5.61. The number of ether oxygens (including phenoxy) is 1. The molecular formula is C26H31N5O2. The third-order valence-corrected chi connectivity index (χ3v) is 6.00. The van der Waals surface area contributed by atoms with Gasteiger partial charge in [-0.25, -0.2) is 14.8 Å². The molecule has 1 fully saturated rings. The lowest BCUT2D eigenvalue weighted by Gasteiger charge is -2.36. The number of nitrogens with zero attached hydrogens (tertiary/aromatic N) is 4. The molecular weight excluding hydrogens is 414 g/mol. The number of aromatic nitrogens is 2. The maximum Gasteiger partial charge on any atom is 0.317 e. The van der Waals surface area contributed by atoms with Crippen molar-refractivity contribution < 1.29 is 9.53 Å². The molecule has 2 aromatic carbocycles. The number of amides is 2. The van der Waals surface area contributed by atoms with E-state index in [1.165, 1.54) is 5.56 Å². The summed E-state index contributed by atoms with van der Waals surface area (Å²) in [5.41, 5.74) is 4.41. The molecule has 0 saturated carbocycles. The highest BCUT2D eigenvalue weighted by molar-refractivity contribution is 5.74. The minimum Gasteiger partial charge on any atom is -0.497 e. The van der Waals surface area contributed by atoms with Gasteiger partial charge in [-0.15, -0.1) is 0 Å². The smallest absolute Gasteiger partial charge is 0.317 e. The van der Waals surface area contributed by atoms with Crippen molar-refractivity contribution in [1.82, 2.24) is 20.2 Å². The Balaban J connectivity index is 1.42. The van der Waals surface area contributed by atoms with Gasteiger partial charge in [-0.1, -0.05) is 42.5 Å². The van der Waals surface area contributed by atoms with Crippen molar-refractivity contribution in [2.75, 3.05) is 38.2 Å². The van der Waals surface area contributed by atoms with Gasteiger partial charge in [0.2, 0.25) is 0 Å². The Labute approximate surface area is 195 Å². The van der Waals surface area contributed by atoms with Gasteiger partial charge in [0.25, 0.3) is 0 Å². The van der Waals surface area contributed by atoms with E-state index in [0.29, 0.717) is 19.6 Å². The highest BCUT2D eigenvalue weighted by Gasteiger charge is 2.24. The monoisotopic (exact) mass is 445 g/mol. The summed E-state index contributed by atoms with van der Waals surface area (Å²) in [6.07, 6.45) is 0.753. The van der Waals surface area contributed by atoms with Crippen LogP contribution in [0.2, 0.25) is 0 Å². The van der Waals surface area contributed by atoms with Crippen LogP contribution in [0.5, 0.6) is 5.75 Å². The normalized spacial score (nSPS) is 13.7. The van der Waals surface area contributed by atoms with Crippen molar-refractivity contribution in [1.29, 1.82) is 0 Å². The van der Waals surface area contributed by atoms with Gasteiger partial charge in [-0.2, -0.15) is 0 Å². The van der Waals surface area contributed by atoms with Crippen LogP contribution < -0.4 is 15.0 Å². The second kappa shape index (κ2) is 10.3. The van der Waals surface area contributed by atoms with Crippen LogP contribution >= 0.6 is 0 Å². The highest BCUT2D eigenvalue weighted by atomic mass is 16.5. The molecule has 1 aliphatic heterocycles. The molecule has 0 radical (unpaired) electrons. The first kappa shape index (κ1) is 22.6. The van der Waals surface area contributed by atoms with Crippen LogP contribution in [0.15, 0.2) is 54.6 Å². The summed E-state index contributed by atoms with van der Waals surface area (Å²) in [6.45, 7) is 7.31. The van der Waals surface area contributed by atoms with Gasteiger partial charge in [0.15, 0.2) is 0 Å². The second-order valence-corrected chi connectivity index (χ2v) is 8.30. The van der Waals surface area contributed by atoms with Crippen LogP contribution in [-0.4, -0.2) is 54.2 Å². The van der Waals surface area contributed by atoms with E-state index in [2.05, 4.69) is 27.3 Å². The summed E-state index contributed by atoms with van der Waals surface area (Å²) < 4.78 is 5.28. The predicted molar refractivity (Wildman–Crippen MR) is 130 cm³/mol. The molecule has 0 atom stereocenters. The number of benzene rings is 2. The first-order chi connectivity index (χ1) is 16.0. The van der Waals surface area contributed by atoms with Crippen molar-refractivity contribution >= 4 is 11.8 Å². The summed E-state index contributed by atoms with van der Waals surface area (Å²) in [6, 6.07) is 18.1. The minimum absolute atomic E-state index is 0.0213. The number of carbonyl (C=O) groups excluding carboxylic acids is 1. The molecule has 1 N–H and O–H groups in total. The van der Waals surface area contributed by atoms with Crippen LogP contribution in [-0.2, 0) is 13.0 Å². The number of carbonyl (C=O) groups is 1. The van der Waals surface area contributed by atoms with Crippen molar-refractivity contribution in [3.63, 3.8) is 0 Å². The van der Waals surface area contributed by atoms with Gasteiger partial charge in [0.05, 0.1) is 7.11 Å². The molecule has 0 spiro atoms. The SMILES string of the molecule is COc1ccc(Cc2c(C)nc(C)nc2N2CCN(C(=O)NCc3ccccc3)CC2)cc1. The fraction of sp³-hybridized carbons (Fsp3) is 0.346. The molecule has 2 heterocycles. The van der Waals surface area contributed by atoms with E-state index < -0.39 is 0 Å². The molecule has 0 unspecified atom stereocenters. The maximum absolute atomic E-state index is 12.6. The average molecular weight is 446 g/mol. The number of hydrogen-bond donors (Lipinski definition) is 1. The molecule has 2 amide bonds. The zero-order valence-electron chi connectivity index (χ0n) is 19.5. The summed E-state index contributed by atoms with van der Waals surface area (Å²) in [5, 5.41) is 3.03. The summed E-state index contributed by atoms with van der Waals surface area (Å²) >= 11 is 0. The standard InChI is InChI=1S/C26H31N5O2/c1-19-24(17-21-9-11-23(33-3)12-10-21)25(29-20(2)28-19)30-13-15-31(16-14-30)26(32)27-18-22-7-5-4-6-8-22/h4-12H,13-18H2,1-3H3,(H,27,32). The number of rotatable bonds is 6. The van der Waals surface area contributed by atoms with Crippen molar-refractivity contribution in [2.45, 2.75) is 26.8 Å². The first-order valence-corrected chi connectivity index (χ1v) is 11.3. The third-order valence-electron chi connectivity index (χ3n) is 6.00. The molecule has 1 saturated heterocycles. The summed E-state index contributed by atoms with van der Waals surface area (Å²) in [5.74, 6) is 2.58. The van der Waals surface area contributed by atoms with Gasteiger partial charge >= 0.3 is 6.03 Å². The molecule has 3 aromatic rings. The van der Waals surface area contributed by atoms with E-state index in [-0.39, 0.29) is 6.03 Å². The Kier molecular flexibility index (Phi) is 7.07. The van der Waals surface area contributed by atoms with Crippen LogP contribution in [0.25, 0.3) is 0 Å². The first-order valence-electron chi connectivity index (χ1n) is 11.3. The Morgan fingerprint density at radius 2 is 1.64 bits per heavy atom. The molecule has 7 heteroatoms. The number of nitrogens with one attached hydrogen (secondary N) is 1. The van der Waals surface area contributed by atoms with Gasteiger partial charge in [-0.3, -0.25) is 0 Å². The number of piperazine rings is 1. The lowest BCUT2D eigenvalue weighted by Crippen LogP contribution is -2.52. The van der Waals surface area contributed by atoms with E-state index >= 15 is 0 Å². The van der Waals surface area contributed by atoms with Gasteiger partial charge in [0, 0.05) is 50.4 Å². The molecule has 0 bridgehead atoms. The van der Waals surface area contributed by atoms with Crippen LogP contribution in [0.4, 0.5) is 10.6 Å². The fourth-order valence-electron chi connectivity index (χ4n) is 4.14. The Morgan fingerprint density at radius 3 is 2.30 bits per heavy atom. The van der Waals surface area contributed by atoms with Crippen LogP contribution in [0.3, 0.4) is 0 Å². The maximum atomic E-state index is 12.6. The number of anilines is 1. The van der Waals surface area contributed by atoms with Crippen LogP contribution in [0, 0.1) is 13.8 Å². The predicted octanol–water partition coefficient (Wildman–Crippen LogP) is 3.72. The number of methoxy groups -OCH3 is 1. The highest BCUT2D eigenvalue weighted by Crippen LogP contribution is 2.26. The number of aryl methyl sites for hydroxylation is 2. The Hall–Kier alpha value is -3.61. The number of urea groups is 1. The zero-order valence-corrected chi connectivity index (χ0v) is 19.5. The molecule has 4 rings (SSSR count). The molecule has 7 nitrogen and oxygen atoms in total. The van der Waals surface area contributed by atoms with Crippen molar-refractivity contribution in [3.05, 3.63) is 82.8 Å². The Morgan fingerprint density at radius 1 is 0.939 bits per heavy atom. The second-order valence-electron chi connectivity index (χ2n) is 8.30. The lowest BCUT2D eigenvalue weighted by atomic mass is 10.0. The topological polar surface area (TPSA) is 70.6 Å². The van der Waals surface area contributed by atoms with E-state index in [9.17, 15) is 4.79 Å². The minimum atomic E-state index is -0.0213. The molecule has 1 aliphatic rings. The largest absolute Gasteiger partial charge is 0.497 e. The van der Waals surface area contributed by atoms with E-state index in [1.54, 1.807) is 7.11 Å². The zero-order chi connectivity index (χ0) is 23.2. The van der Waals surface area contributed by atoms with Crippen molar-refractivity contribution in [3.8, 4) is 5.75 Å². The molecule has 1 aromatic heterocycles. The Bertz CT molecular complexity index is 1080. The lowest BCUT2D eigenvalue weighted by molar-refractivity contribution is 0.193. The van der Waals surface area contributed by atoms with E-state index in [0.717, 1.165) is 53.7 Å². The molecule has 172 valence electrons. The molecule has 0 aliphatic carbocycles. The molecule has 33 heavy (non-hydrogen) atoms. The van der Waals surface area contributed by atoms with Gasteiger partial charge in [0.1, 0.15) is 17.4 Å². The summed E-state index contributed by atoms with van der Waals surface area (Å²) in [7, 11) is 1.67. The van der Waals surface area contributed by atoms with Crippen molar-refractivity contribution in [2.24, 2.45) is 0 Å². The fourth-order valence-corrected chi connectivity index (χ4v) is 4.14.